The molecule has 2 aromatic carbocycles. The number of hydrogen-bond donors (Lipinski definition) is 0. The van der Waals surface area contributed by atoms with Crippen LogP contribution in [0.15, 0.2) is 59.1 Å². The molecule has 0 bridgehead atoms. The van der Waals surface area contributed by atoms with Gasteiger partial charge in [0.2, 0.25) is 5.69 Å². The Morgan fingerprint density at radius 2 is 1.88 bits per heavy atom. The van der Waals surface area contributed by atoms with Crippen molar-refractivity contribution in [1.29, 1.82) is 0 Å². The molecular formula is C19H16FN3O3. The van der Waals surface area contributed by atoms with Gasteiger partial charge in [-0.15, -0.1) is 0 Å². The first-order chi connectivity index (χ1) is 12.6. The van der Waals surface area contributed by atoms with E-state index in [4.69, 9.17) is 4.52 Å². The lowest BCUT2D eigenvalue weighted by Crippen LogP contribution is -2.42. The van der Waals surface area contributed by atoms with Gasteiger partial charge in [-0.25, -0.2) is 4.39 Å². The zero-order valence-electron chi connectivity index (χ0n) is 13.8. The molecule has 3 aromatic rings. The van der Waals surface area contributed by atoms with Crippen LogP contribution in [-0.2, 0) is 6.54 Å². The summed E-state index contributed by atoms with van der Waals surface area (Å²) in [6.45, 7) is 0.00899. The van der Waals surface area contributed by atoms with E-state index >= 15 is 0 Å². The molecule has 1 amide bonds. The van der Waals surface area contributed by atoms with Crippen LogP contribution < -0.4 is 9.79 Å². The highest BCUT2D eigenvalue weighted by molar-refractivity contribution is 5.94. The Labute approximate surface area is 149 Å². The minimum Gasteiger partial charge on any atom is -0.539 e. The number of rotatable bonds is 5. The number of hydrogen-bond acceptors (Lipinski definition) is 4. The third kappa shape index (κ3) is 3.03. The lowest BCUT2D eigenvalue weighted by molar-refractivity contribution is -0.678. The average molecular weight is 353 g/mol. The first-order valence-electron chi connectivity index (χ1n) is 8.34. The van der Waals surface area contributed by atoms with Gasteiger partial charge in [0.05, 0.1) is 10.8 Å². The van der Waals surface area contributed by atoms with Gasteiger partial charge in [-0.1, -0.05) is 30.3 Å². The van der Waals surface area contributed by atoms with E-state index in [2.05, 4.69) is 5.27 Å². The molecule has 4 rings (SSSR count). The Morgan fingerprint density at radius 3 is 2.58 bits per heavy atom. The highest BCUT2D eigenvalue weighted by Gasteiger charge is 2.37. The number of nitrogens with zero attached hydrogens (tertiary/aromatic N) is 3. The molecule has 1 aliphatic carbocycles. The second-order valence-electron chi connectivity index (χ2n) is 6.20. The number of aromatic nitrogens is 2. The third-order valence-corrected chi connectivity index (χ3v) is 4.37. The van der Waals surface area contributed by atoms with Crippen LogP contribution in [-0.4, -0.2) is 22.1 Å². The molecule has 0 N–H and O–H groups in total. The summed E-state index contributed by atoms with van der Waals surface area (Å²) in [6, 6.07) is 14.9. The lowest BCUT2D eigenvalue weighted by Gasteiger charge is -2.21. The van der Waals surface area contributed by atoms with Gasteiger partial charge in [0.15, 0.2) is 5.95 Å². The summed E-state index contributed by atoms with van der Waals surface area (Å²) in [7, 11) is 0. The summed E-state index contributed by atoms with van der Waals surface area (Å²) < 4.78 is 20.2. The molecule has 0 radical (unpaired) electrons. The number of amides is 1. The topological polar surface area (TPSA) is 73.3 Å². The minimum absolute atomic E-state index is 0.00503. The zero-order valence-corrected chi connectivity index (χ0v) is 13.8. The molecule has 0 spiro atoms. The van der Waals surface area contributed by atoms with Crippen LogP contribution in [0.3, 0.4) is 0 Å². The van der Waals surface area contributed by atoms with Gasteiger partial charge in [-0.2, -0.15) is 0 Å². The molecule has 0 aliphatic heterocycles. The van der Waals surface area contributed by atoms with Crippen LogP contribution in [0.1, 0.15) is 28.9 Å². The molecule has 0 saturated heterocycles. The summed E-state index contributed by atoms with van der Waals surface area (Å²) in [5.74, 6) is -1.63. The maximum absolute atomic E-state index is 14.0. The van der Waals surface area contributed by atoms with E-state index in [1.807, 2.05) is 18.2 Å². The molecule has 0 unspecified atom stereocenters. The Hall–Kier alpha value is -3.22. The molecule has 1 aromatic heterocycles. The summed E-state index contributed by atoms with van der Waals surface area (Å²) >= 11 is 0. The summed E-state index contributed by atoms with van der Waals surface area (Å²) in [5.41, 5.74) is 0.879. The Balaban J connectivity index is 1.68. The molecule has 1 saturated carbocycles. The standard InChI is InChI=1S/C19H16FN3O3/c20-16-9-5-4-8-15(16)18(24)22(13-10-11-13)12-17-19(25)26-21-23(17)14-6-2-1-3-7-14/h1-9,13H,10-12H2. The molecule has 7 heteroatoms. The van der Waals surface area contributed by atoms with Crippen molar-refractivity contribution in [2.75, 3.05) is 0 Å². The normalized spacial score (nSPS) is 13.6. The summed E-state index contributed by atoms with van der Waals surface area (Å²) in [5, 5.41) is 15.9. The second-order valence-corrected chi connectivity index (χ2v) is 6.20. The molecule has 6 nitrogen and oxygen atoms in total. The van der Waals surface area contributed by atoms with E-state index in [1.165, 1.54) is 27.8 Å². The van der Waals surface area contributed by atoms with Gasteiger partial charge < -0.3 is 14.5 Å². The Kier molecular flexibility index (Phi) is 4.12. The van der Waals surface area contributed by atoms with E-state index in [-0.39, 0.29) is 23.8 Å². The molecule has 1 aliphatic rings. The van der Waals surface area contributed by atoms with E-state index in [9.17, 15) is 14.3 Å². The van der Waals surface area contributed by atoms with Gasteiger partial charge in [0.25, 0.3) is 11.6 Å². The predicted octanol–water partition coefficient (Wildman–Crippen LogP) is 1.97. The van der Waals surface area contributed by atoms with Crippen LogP contribution in [0.2, 0.25) is 0 Å². The van der Waals surface area contributed by atoms with Gasteiger partial charge in [0.1, 0.15) is 12.4 Å². The predicted molar refractivity (Wildman–Crippen MR) is 86.8 cm³/mol. The van der Waals surface area contributed by atoms with E-state index < -0.39 is 17.7 Å². The molecule has 0 atom stereocenters. The van der Waals surface area contributed by atoms with Gasteiger partial charge in [-0.05, 0) is 29.7 Å². The number of carbonyl (C=O) groups excluding carboxylic acids is 1. The van der Waals surface area contributed by atoms with Crippen molar-refractivity contribution < 1.29 is 23.5 Å². The van der Waals surface area contributed by atoms with Crippen LogP contribution in [0.25, 0.3) is 5.69 Å². The third-order valence-electron chi connectivity index (χ3n) is 4.37. The fourth-order valence-electron chi connectivity index (χ4n) is 2.87. The number of halogens is 1. The Morgan fingerprint density at radius 1 is 1.19 bits per heavy atom. The van der Waals surface area contributed by atoms with Crippen molar-refractivity contribution in [2.45, 2.75) is 25.4 Å². The van der Waals surface area contributed by atoms with Crippen molar-refractivity contribution >= 4 is 5.91 Å². The van der Waals surface area contributed by atoms with Crippen LogP contribution in [0.5, 0.6) is 5.95 Å². The number of para-hydroxylation sites is 1. The first-order valence-corrected chi connectivity index (χ1v) is 8.34. The monoisotopic (exact) mass is 353 g/mol. The largest absolute Gasteiger partial charge is 0.539 e. The molecule has 1 fully saturated rings. The van der Waals surface area contributed by atoms with Crippen molar-refractivity contribution in [3.05, 3.63) is 71.7 Å². The van der Waals surface area contributed by atoms with E-state index in [0.29, 0.717) is 5.69 Å². The van der Waals surface area contributed by atoms with Crippen LogP contribution in [0, 0.1) is 5.82 Å². The second kappa shape index (κ2) is 6.59. The Bertz CT molecular complexity index is 938. The number of carbonyl (C=O) groups is 1. The maximum atomic E-state index is 14.0. The smallest absolute Gasteiger partial charge is 0.259 e. The van der Waals surface area contributed by atoms with Crippen molar-refractivity contribution in [1.82, 2.24) is 10.2 Å². The van der Waals surface area contributed by atoms with Gasteiger partial charge in [-0.3, -0.25) is 4.79 Å². The van der Waals surface area contributed by atoms with Crippen molar-refractivity contribution in [3.8, 4) is 11.6 Å². The lowest BCUT2D eigenvalue weighted by atomic mass is 10.1. The fraction of sp³-hybridized carbons (Fsp3) is 0.211. The highest BCUT2D eigenvalue weighted by Crippen LogP contribution is 2.31. The zero-order chi connectivity index (χ0) is 18.1. The highest BCUT2D eigenvalue weighted by atomic mass is 19.1. The maximum Gasteiger partial charge on any atom is 0.259 e. The van der Waals surface area contributed by atoms with Crippen LogP contribution in [0.4, 0.5) is 4.39 Å². The quantitative estimate of drug-likeness (QED) is 0.658. The minimum atomic E-state index is -0.610. The van der Waals surface area contributed by atoms with Crippen LogP contribution >= 0.6 is 0 Å². The van der Waals surface area contributed by atoms with Gasteiger partial charge >= 0.3 is 0 Å². The molecule has 1 heterocycles. The summed E-state index contributed by atoms with van der Waals surface area (Å²) in [6.07, 6.45) is 1.65. The van der Waals surface area contributed by atoms with E-state index in [0.717, 1.165) is 12.8 Å². The molecular weight excluding hydrogens is 337 g/mol. The van der Waals surface area contributed by atoms with Crippen molar-refractivity contribution in [2.24, 2.45) is 0 Å². The summed E-state index contributed by atoms with van der Waals surface area (Å²) in [4.78, 5) is 14.4. The van der Waals surface area contributed by atoms with Crippen molar-refractivity contribution in [3.63, 3.8) is 0 Å². The molecule has 132 valence electrons. The average Bonchev–Trinajstić information content (AvgIpc) is 3.44. The fourth-order valence-corrected chi connectivity index (χ4v) is 2.87. The SMILES string of the molecule is O=C(c1ccccc1F)N(Cc1c([O-])on[n+]1-c1ccccc1)C1CC1. The van der Waals surface area contributed by atoms with E-state index in [1.54, 1.807) is 18.2 Å². The molecule has 26 heavy (non-hydrogen) atoms. The first kappa shape index (κ1) is 16.3. The van der Waals surface area contributed by atoms with Gasteiger partial charge in [0, 0.05) is 18.2 Å². The number of benzene rings is 2.